The maximum Gasteiger partial charge on any atom is 0.408 e. The fraction of sp³-hybridized carbons (Fsp3) is 0.846. The monoisotopic (exact) mass is 274 g/mol. The molecule has 0 radical (unpaired) electrons. The molecule has 0 aliphatic rings. The SMILES string of the molecule is COC(=O)C(CC(C)N(C)C)NC(=O)OC(C)(C)C. The average molecular weight is 274 g/mol. The Labute approximate surface area is 115 Å². The molecule has 19 heavy (non-hydrogen) atoms. The number of carbonyl (C=O) groups is 2. The summed E-state index contributed by atoms with van der Waals surface area (Å²) in [6.45, 7) is 7.26. The molecule has 112 valence electrons. The third-order valence-electron chi connectivity index (χ3n) is 2.64. The Kier molecular flexibility index (Phi) is 6.83. The highest BCUT2D eigenvalue weighted by Gasteiger charge is 2.27. The largest absolute Gasteiger partial charge is 0.467 e. The number of ether oxygens (including phenoxy) is 2. The van der Waals surface area contributed by atoms with Crippen molar-refractivity contribution < 1.29 is 19.1 Å². The second-order valence-corrected chi connectivity index (χ2v) is 5.77. The number of hydrogen-bond donors (Lipinski definition) is 1. The Morgan fingerprint density at radius 2 is 1.79 bits per heavy atom. The molecule has 1 amide bonds. The Hall–Kier alpha value is -1.30. The molecule has 0 aliphatic heterocycles. The van der Waals surface area contributed by atoms with E-state index in [2.05, 4.69) is 5.32 Å². The lowest BCUT2D eigenvalue weighted by molar-refractivity contribution is -0.143. The lowest BCUT2D eigenvalue weighted by atomic mass is 10.1. The molecular formula is C13H26N2O4. The quantitative estimate of drug-likeness (QED) is 0.767. The first-order chi connectivity index (χ1) is 8.56. The van der Waals surface area contributed by atoms with Crippen LogP contribution in [-0.4, -0.2) is 55.9 Å². The van der Waals surface area contributed by atoms with E-state index in [1.165, 1.54) is 7.11 Å². The summed E-state index contributed by atoms with van der Waals surface area (Å²) < 4.78 is 9.83. The van der Waals surface area contributed by atoms with Crippen LogP contribution in [0.15, 0.2) is 0 Å². The van der Waals surface area contributed by atoms with Gasteiger partial charge in [0, 0.05) is 6.04 Å². The Balaban J connectivity index is 4.61. The highest BCUT2D eigenvalue weighted by atomic mass is 16.6. The molecule has 6 nitrogen and oxygen atoms in total. The number of nitrogens with one attached hydrogen (secondary N) is 1. The van der Waals surface area contributed by atoms with Crippen LogP contribution in [0.3, 0.4) is 0 Å². The minimum atomic E-state index is -0.711. The van der Waals surface area contributed by atoms with E-state index in [9.17, 15) is 9.59 Å². The molecule has 0 heterocycles. The predicted molar refractivity (Wildman–Crippen MR) is 72.9 cm³/mol. The molecule has 0 aromatic heterocycles. The number of methoxy groups -OCH3 is 1. The van der Waals surface area contributed by atoms with Crippen LogP contribution in [0.2, 0.25) is 0 Å². The van der Waals surface area contributed by atoms with Crippen LogP contribution in [0.1, 0.15) is 34.1 Å². The highest BCUT2D eigenvalue weighted by molar-refractivity contribution is 5.81. The Morgan fingerprint density at radius 1 is 1.26 bits per heavy atom. The van der Waals surface area contributed by atoms with Crippen molar-refractivity contribution in [3.63, 3.8) is 0 Å². The third-order valence-corrected chi connectivity index (χ3v) is 2.64. The minimum Gasteiger partial charge on any atom is -0.467 e. The molecule has 2 atom stereocenters. The van der Waals surface area contributed by atoms with Crippen LogP contribution in [0, 0.1) is 0 Å². The summed E-state index contributed by atoms with van der Waals surface area (Å²) in [5, 5.41) is 2.55. The van der Waals surface area contributed by atoms with Gasteiger partial charge in [-0.05, 0) is 48.2 Å². The van der Waals surface area contributed by atoms with Crippen molar-refractivity contribution >= 4 is 12.1 Å². The molecule has 0 saturated heterocycles. The maximum absolute atomic E-state index is 11.7. The van der Waals surface area contributed by atoms with Crippen LogP contribution < -0.4 is 5.32 Å². The summed E-state index contributed by atoms with van der Waals surface area (Å²) in [5.74, 6) is -0.473. The van der Waals surface area contributed by atoms with Crippen LogP contribution >= 0.6 is 0 Å². The molecule has 0 spiro atoms. The van der Waals surface area contributed by atoms with Gasteiger partial charge >= 0.3 is 12.1 Å². The predicted octanol–water partition coefficient (Wildman–Crippen LogP) is 1.39. The van der Waals surface area contributed by atoms with Gasteiger partial charge in [0.25, 0.3) is 0 Å². The van der Waals surface area contributed by atoms with E-state index in [4.69, 9.17) is 9.47 Å². The molecule has 6 heteroatoms. The molecule has 0 saturated carbocycles. The first-order valence-electron chi connectivity index (χ1n) is 6.30. The van der Waals surface area contributed by atoms with E-state index in [1.54, 1.807) is 20.8 Å². The van der Waals surface area contributed by atoms with Gasteiger partial charge in [0.05, 0.1) is 7.11 Å². The van der Waals surface area contributed by atoms with Crippen LogP contribution in [-0.2, 0) is 14.3 Å². The zero-order valence-corrected chi connectivity index (χ0v) is 12.9. The smallest absolute Gasteiger partial charge is 0.408 e. The van der Waals surface area contributed by atoms with Crippen molar-refractivity contribution in [1.82, 2.24) is 10.2 Å². The summed E-state index contributed by atoms with van der Waals surface area (Å²) >= 11 is 0. The summed E-state index contributed by atoms with van der Waals surface area (Å²) in [6.07, 6.45) is -0.160. The Morgan fingerprint density at radius 3 is 2.16 bits per heavy atom. The second kappa shape index (κ2) is 7.33. The van der Waals surface area contributed by atoms with Gasteiger partial charge < -0.3 is 19.7 Å². The maximum atomic E-state index is 11.7. The highest BCUT2D eigenvalue weighted by Crippen LogP contribution is 2.09. The van der Waals surface area contributed by atoms with Crippen molar-refractivity contribution in [2.24, 2.45) is 0 Å². The second-order valence-electron chi connectivity index (χ2n) is 5.77. The van der Waals surface area contributed by atoms with Crippen LogP contribution in [0.4, 0.5) is 4.79 Å². The fourth-order valence-electron chi connectivity index (χ4n) is 1.36. The van der Waals surface area contributed by atoms with Gasteiger partial charge in [-0.25, -0.2) is 9.59 Å². The van der Waals surface area contributed by atoms with Gasteiger partial charge in [0.15, 0.2) is 0 Å². The van der Waals surface area contributed by atoms with Gasteiger partial charge in [-0.15, -0.1) is 0 Å². The molecular weight excluding hydrogens is 248 g/mol. The number of carbonyl (C=O) groups excluding carboxylic acids is 2. The van der Waals surface area contributed by atoms with Gasteiger partial charge in [-0.1, -0.05) is 0 Å². The van der Waals surface area contributed by atoms with Crippen molar-refractivity contribution in [2.45, 2.75) is 51.8 Å². The third kappa shape index (κ3) is 7.66. The zero-order valence-electron chi connectivity index (χ0n) is 12.9. The number of nitrogens with zero attached hydrogens (tertiary/aromatic N) is 1. The number of amides is 1. The van der Waals surface area contributed by atoms with E-state index in [1.807, 2.05) is 25.9 Å². The van der Waals surface area contributed by atoms with Crippen molar-refractivity contribution in [3.05, 3.63) is 0 Å². The summed E-state index contributed by atoms with van der Waals surface area (Å²) in [6, 6.07) is -0.587. The van der Waals surface area contributed by atoms with Gasteiger partial charge in [-0.2, -0.15) is 0 Å². The zero-order chi connectivity index (χ0) is 15.2. The van der Waals surface area contributed by atoms with Gasteiger partial charge in [-0.3, -0.25) is 0 Å². The van der Waals surface area contributed by atoms with E-state index in [0.29, 0.717) is 6.42 Å². The molecule has 2 unspecified atom stereocenters. The lowest BCUT2D eigenvalue weighted by Crippen LogP contribution is -2.46. The van der Waals surface area contributed by atoms with Crippen LogP contribution in [0.25, 0.3) is 0 Å². The minimum absolute atomic E-state index is 0.124. The number of rotatable bonds is 5. The normalized spacial score (nSPS) is 14.7. The van der Waals surface area contributed by atoms with Crippen molar-refractivity contribution in [3.8, 4) is 0 Å². The van der Waals surface area contributed by atoms with Gasteiger partial charge in [0.2, 0.25) is 0 Å². The van der Waals surface area contributed by atoms with Crippen molar-refractivity contribution in [2.75, 3.05) is 21.2 Å². The van der Waals surface area contributed by atoms with E-state index in [-0.39, 0.29) is 6.04 Å². The first-order valence-corrected chi connectivity index (χ1v) is 6.30. The van der Waals surface area contributed by atoms with E-state index in [0.717, 1.165) is 0 Å². The molecule has 0 rings (SSSR count). The molecule has 1 N–H and O–H groups in total. The van der Waals surface area contributed by atoms with Crippen LogP contribution in [0.5, 0.6) is 0 Å². The molecule has 0 bridgehead atoms. The number of esters is 1. The average Bonchev–Trinajstić information content (AvgIpc) is 2.24. The lowest BCUT2D eigenvalue weighted by Gasteiger charge is -2.26. The fourth-order valence-corrected chi connectivity index (χ4v) is 1.36. The van der Waals surface area contributed by atoms with Crippen molar-refractivity contribution in [1.29, 1.82) is 0 Å². The topological polar surface area (TPSA) is 67.9 Å². The Bertz CT molecular complexity index is 310. The molecule has 0 fully saturated rings. The van der Waals surface area contributed by atoms with E-state index >= 15 is 0 Å². The standard InChI is InChI=1S/C13H26N2O4/c1-9(15(5)6)8-10(11(16)18-7)14-12(17)19-13(2,3)4/h9-10H,8H2,1-7H3,(H,14,17). The first kappa shape index (κ1) is 17.7. The summed E-state index contributed by atoms with van der Waals surface area (Å²) in [7, 11) is 5.12. The molecule has 0 aliphatic carbocycles. The summed E-state index contributed by atoms with van der Waals surface area (Å²) in [5.41, 5.74) is -0.599. The molecule has 0 aromatic carbocycles. The van der Waals surface area contributed by atoms with Gasteiger partial charge in [0.1, 0.15) is 11.6 Å². The molecule has 0 aromatic rings. The summed E-state index contributed by atoms with van der Waals surface area (Å²) in [4.78, 5) is 25.3. The number of hydrogen-bond acceptors (Lipinski definition) is 5. The number of alkyl carbamates (subject to hydrolysis) is 1. The van der Waals surface area contributed by atoms with E-state index < -0.39 is 23.7 Å².